The normalized spacial score (nSPS) is 16.6. The summed E-state index contributed by atoms with van der Waals surface area (Å²) in [6.07, 6.45) is 2.20. The molecule has 1 aliphatic heterocycles. The van der Waals surface area contributed by atoms with Gasteiger partial charge in [0.2, 0.25) is 11.6 Å². The van der Waals surface area contributed by atoms with Crippen LogP contribution in [0, 0.1) is 23.3 Å². The van der Waals surface area contributed by atoms with E-state index in [2.05, 4.69) is 0 Å². The van der Waals surface area contributed by atoms with Crippen molar-refractivity contribution in [1.82, 2.24) is 0 Å². The van der Waals surface area contributed by atoms with Gasteiger partial charge in [0.15, 0.2) is 23.0 Å². The molecule has 102 valence electrons. The monoisotopic (exact) mass is 274 g/mol. The van der Waals surface area contributed by atoms with E-state index in [4.69, 9.17) is 4.42 Å². The van der Waals surface area contributed by atoms with Gasteiger partial charge in [-0.05, 0) is 6.07 Å². The molecule has 0 saturated carbocycles. The van der Waals surface area contributed by atoms with Crippen molar-refractivity contribution in [3.8, 4) is 0 Å². The highest BCUT2D eigenvalue weighted by Gasteiger charge is 2.25. The first kappa shape index (κ1) is 12.5. The van der Waals surface area contributed by atoms with Crippen LogP contribution in [0.5, 0.6) is 0 Å². The fourth-order valence-corrected chi connectivity index (χ4v) is 2.56. The predicted octanol–water partition coefficient (Wildman–Crippen LogP) is 2.17. The van der Waals surface area contributed by atoms with E-state index in [0.717, 1.165) is 25.9 Å². The molecule has 1 aliphatic rings. The Bertz CT molecular complexity index is 586. The van der Waals surface area contributed by atoms with E-state index in [9.17, 15) is 17.6 Å². The summed E-state index contributed by atoms with van der Waals surface area (Å²) < 4.78 is 58.3. The molecule has 6 heteroatoms. The topological polar surface area (TPSA) is 17.6 Å². The summed E-state index contributed by atoms with van der Waals surface area (Å²) in [4.78, 5) is 1.24. The quantitative estimate of drug-likeness (QED) is 0.505. The molecular formula is C13H12F4NO+. The molecule has 1 aromatic carbocycles. The minimum Gasteiger partial charge on any atom is -0.452 e. The van der Waals surface area contributed by atoms with Crippen molar-refractivity contribution in [2.75, 3.05) is 13.1 Å². The third-order valence-corrected chi connectivity index (χ3v) is 3.53. The molecule has 0 aliphatic carbocycles. The van der Waals surface area contributed by atoms with E-state index in [1.54, 1.807) is 0 Å². The lowest BCUT2D eigenvalue weighted by Crippen LogP contribution is -3.08. The van der Waals surface area contributed by atoms with Crippen molar-refractivity contribution in [2.45, 2.75) is 19.4 Å². The highest BCUT2D eigenvalue weighted by molar-refractivity contribution is 5.79. The van der Waals surface area contributed by atoms with Gasteiger partial charge in [-0.2, -0.15) is 4.39 Å². The van der Waals surface area contributed by atoms with Crippen LogP contribution in [-0.2, 0) is 6.54 Å². The number of nitrogens with one attached hydrogen (secondary N) is 1. The summed E-state index contributed by atoms with van der Waals surface area (Å²) in [5.74, 6) is -6.17. The number of rotatable bonds is 2. The summed E-state index contributed by atoms with van der Waals surface area (Å²) in [5.41, 5.74) is -0.551. The molecule has 1 N–H and O–H groups in total. The molecule has 0 atom stereocenters. The molecule has 2 heterocycles. The summed E-state index contributed by atoms with van der Waals surface area (Å²) >= 11 is 0. The van der Waals surface area contributed by atoms with Crippen molar-refractivity contribution in [3.63, 3.8) is 0 Å². The average Bonchev–Trinajstić information content (AvgIpc) is 3.04. The van der Waals surface area contributed by atoms with Crippen LogP contribution in [0.2, 0.25) is 0 Å². The number of hydrogen-bond donors (Lipinski definition) is 1. The molecule has 2 nitrogen and oxygen atoms in total. The van der Waals surface area contributed by atoms with Crippen LogP contribution < -0.4 is 4.90 Å². The molecule has 0 amide bonds. The second-order valence-electron chi connectivity index (χ2n) is 4.85. The van der Waals surface area contributed by atoms with Crippen LogP contribution in [0.1, 0.15) is 18.6 Å². The highest BCUT2D eigenvalue weighted by atomic mass is 19.2. The number of furan rings is 1. The van der Waals surface area contributed by atoms with Gasteiger partial charge in [0.05, 0.1) is 18.5 Å². The Morgan fingerprint density at radius 3 is 2.26 bits per heavy atom. The van der Waals surface area contributed by atoms with E-state index in [0.29, 0.717) is 12.3 Å². The summed E-state index contributed by atoms with van der Waals surface area (Å²) in [5, 5.41) is -0.343. The predicted molar refractivity (Wildman–Crippen MR) is 59.7 cm³/mol. The van der Waals surface area contributed by atoms with Crippen LogP contribution in [0.4, 0.5) is 17.6 Å². The van der Waals surface area contributed by atoms with Gasteiger partial charge in [-0.3, -0.25) is 0 Å². The van der Waals surface area contributed by atoms with Gasteiger partial charge < -0.3 is 9.32 Å². The molecule has 0 unspecified atom stereocenters. The molecule has 0 spiro atoms. The van der Waals surface area contributed by atoms with Gasteiger partial charge in [0.1, 0.15) is 6.54 Å². The number of benzene rings is 1. The highest BCUT2D eigenvalue weighted by Crippen LogP contribution is 2.29. The van der Waals surface area contributed by atoms with Crippen molar-refractivity contribution in [1.29, 1.82) is 0 Å². The standard InChI is InChI=1S/C13H11F4NO/c14-9-8-5-7(6-18-3-1-2-4-18)19-13(8)12(17)11(16)10(9)15/h5H,1-4,6H2/p+1. The number of hydrogen-bond acceptors (Lipinski definition) is 1. The summed E-state index contributed by atoms with van der Waals surface area (Å²) in [6.45, 7) is 2.40. The van der Waals surface area contributed by atoms with Crippen molar-refractivity contribution < 1.29 is 26.9 Å². The zero-order valence-corrected chi connectivity index (χ0v) is 10.0. The Morgan fingerprint density at radius 2 is 1.58 bits per heavy atom. The lowest BCUT2D eigenvalue weighted by Gasteiger charge is -2.08. The van der Waals surface area contributed by atoms with Gasteiger partial charge in [-0.25, -0.2) is 13.2 Å². The minimum atomic E-state index is -1.83. The van der Waals surface area contributed by atoms with Crippen LogP contribution in [0.15, 0.2) is 10.5 Å². The van der Waals surface area contributed by atoms with Crippen LogP contribution in [0.3, 0.4) is 0 Å². The molecule has 1 fully saturated rings. The second kappa shape index (κ2) is 4.52. The first-order valence-electron chi connectivity index (χ1n) is 6.16. The lowest BCUT2D eigenvalue weighted by atomic mass is 10.2. The average molecular weight is 274 g/mol. The van der Waals surface area contributed by atoms with Gasteiger partial charge in [0, 0.05) is 12.8 Å². The molecule has 3 rings (SSSR count). The Labute approximate surface area is 106 Å². The molecule has 0 bridgehead atoms. The fraction of sp³-hybridized carbons (Fsp3) is 0.385. The smallest absolute Gasteiger partial charge is 0.205 e. The van der Waals surface area contributed by atoms with Crippen molar-refractivity contribution in [2.24, 2.45) is 0 Å². The zero-order valence-electron chi connectivity index (χ0n) is 10.0. The van der Waals surface area contributed by atoms with E-state index in [-0.39, 0.29) is 5.39 Å². The van der Waals surface area contributed by atoms with E-state index >= 15 is 0 Å². The largest absolute Gasteiger partial charge is 0.452 e. The Hall–Kier alpha value is -1.56. The van der Waals surface area contributed by atoms with Gasteiger partial charge in [-0.15, -0.1) is 0 Å². The zero-order chi connectivity index (χ0) is 13.6. The Kier molecular flexibility index (Phi) is 2.97. The Morgan fingerprint density at radius 1 is 0.947 bits per heavy atom. The maximum absolute atomic E-state index is 13.5. The van der Waals surface area contributed by atoms with Crippen molar-refractivity contribution >= 4 is 11.0 Å². The first-order valence-corrected chi connectivity index (χ1v) is 6.16. The number of fused-ring (bicyclic) bond motifs is 1. The van der Waals surface area contributed by atoms with Crippen molar-refractivity contribution in [3.05, 3.63) is 35.1 Å². The maximum Gasteiger partial charge on any atom is 0.205 e. The number of halogens is 4. The minimum absolute atomic E-state index is 0.342. The van der Waals surface area contributed by atoms with E-state index < -0.39 is 28.9 Å². The fourth-order valence-electron chi connectivity index (χ4n) is 2.56. The molecule has 1 aromatic heterocycles. The third-order valence-electron chi connectivity index (χ3n) is 3.53. The molecule has 1 saturated heterocycles. The van der Waals surface area contributed by atoms with Crippen LogP contribution in [-0.4, -0.2) is 13.1 Å². The Balaban J connectivity index is 2.04. The summed E-state index contributed by atoms with van der Waals surface area (Å²) in [6, 6.07) is 1.25. The van der Waals surface area contributed by atoms with E-state index in [1.807, 2.05) is 0 Å². The third kappa shape index (κ3) is 2.00. The molecular weight excluding hydrogens is 262 g/mol. The van der Waals surface area contributed by atoms with Crippen LogP contribution >= 0.6 is 0 Å². The second-order valence-corrected chi connectivity index (χ2v) is 4.85. The number of likely N-dealkylation sites (tertiary alicyclic amines) is 1. The maximum atomic E-state index is 13.5. The molecule has 0 radical (unpaired) electrons. The van der Waals surface area contributed by atoms with E-state index in [1.165, 1.54) is 11.0 Å². The first-order chi connectivity index (χ1) is 9.08. The summed E-state index contributed by atoms with van der Waals surface area (Å²) in [7, 11) is 0. The molecule has 19 heavy (non-hydrogen) atoms. The number of quaternary nitrogens is 1. The molecule has 2 aromatic rings. The van der Waals surface area contributed by atoms with Crippen LogP contribution in [0.25, 0.3) is 11.0 Å². The van der Waals surface area contributed by atoms with Gasteiger partial charge >= 0.3 is 0 Å². The van der Waals surface area contributed by atoms with Gasteiger partial charge in [-0.1, -0.05) is 0 Å². The lowest BCUT2D eigenvalue weighted by molar-refractivity contribution is -0.902. The van der Waals surface area contributed by atoms with Gasteiger partial charge in [0.25, 0.3) is 0 Å². The SMILES string of the molecule is Fc1c(F)c(F)c2oc(C[NH+]3CCCC3)cc2c1F.